The molecule has 3 rings (SSSR count). The first-order chi connectivity index (χ1) is 13.9. The van der Waals surface area contributed by atoms with Crippen molar-refractivity contribution >= 4 is 5.91 Å². The average molecular weight is 411 g/mol. The van der Waals surface area contributed by atoms with Gasteiger partial charge in [-0.2, -0.15) is 8.78 Å². The molecule has 2 heterocycles. The predicted octanol–water partition coefficient (Wildman–Crippen LogP) is 3.56. The van der Waals surface area contributed by atoms with Crippen LogP contribution in [0.3, 0.4) is 0 Å². The summed E-state index contributed by atoms with van der Waals surface area (Å²) in [6, 6.07) is 7.27. The van der Waals surface area contributed by atoms with Crippen molar-refractivity contribution in [3.05, 3.63) is 29.8 Å². The predicted molar refractivity (Wildman–Crippen MR) is 107 cm³/mol. The molecule has 162 valence electrons. The Labute approximate surface area is 171 Å². The van der Waals surface area contributed by atoms with Crippen molar-refractivity contribution in [3.63, 3.8) is 0 Å². The molecule has 1 aromatic rings. The number of hydrogen-bond acceptors (Lipinski definition) is 4. The third-order valence-corrected chi connectivity index (χ3v) is 6.39. The minimum atomic E-state index is -2.84. The lowest BCUT2D eigenvalue weighted by atomic mass is 9.69. The number of carbonyl (C=O) groups excluding carboxylic acids is 1. The van der Waals surface area contributed by atoms with Crippen LogP contribution in [0.4, 0.5) is 8.78 Å². The number of hydrogen-bond donors (Lipinski definition) is 2. The zero-order valence-electron chi connectivity index (χ0n) is 17.2. The van der Waals surface area contributed by atoms with Crippen molar-refractivity contribution in [2.75, 3.05) is 13.2 Å². The van der Waals surface area contributed by atoms with E-state index in [4.69, 9.17) is 5.11 Å². The van der Waals surface area contributed by atoms with Crippen molar-refractivity contribution in [1.82, 2.24) is 10.2 Å². The van der Waals surface area contributed by atoms with Gasteiger partial charge in [0.1, 0.15) is 5.75 Å². The summed E-state index contributed by atoms with van der Waals surface area (Å²) in [7, 11) is 0. The third-order valence-electron chi connectivity index (χ3n) is 6.39. The Morgan fingerprint density at radius 2 is 2.17 bits per heavy atom. The molecule has 0 saturated carbocycles. The molecule has 1 amide bonds. The molecule has 2 aliphatic heterocycles. The molecule has 2 bridgehead atoms. The van der Waals surface area contributed by atoms with E-state index < -0.39 is 12.0 Å². The molecule has 0 aliphatic carbocycles. The van der Waals surface area contributed by atoms with E-state index in [1.54, 1.807) is 12.1 Å². The number of halogens is 2. The highest BCUT2D eigenvalue weighted by atomic mass is 19.3. The zero-order valence-corrected chi connectivity index (χ0v) is 17.2. The largest absolute Gasteiger partial charge is 0.435 e. The molecule has 3 atom stereocenters. The van der Waals surface area contributed by atoms with Crippen LogP contribution in [0.2, 0.25) is 0 Å². The molecule has 0 unspecified atom stereocenters. The van der Waals surface area contributed by atoms with Gasteiger partial charge in [0.05, 0.1) is 12.0 Å². The molecule has 2 aliphatic rings. The van der Waals surface area contributed by atoms with Crippen molar-refractivity contribution in [3.8, 4) is 5.75 Å². The van der Waals surface area contributed by atoms with Gasteiger partial charge in [-0.3, -0.25) is 9.69 Å². The maximum atomic E-state index is 13.1. The number of nitrogens with zero attached hydrogens (tertiary/aromatic N) is 1. The van der Waals surface area contributed by atoms with E-state index in [1.165, 1.54) is 6.07 Å². The third kappa shape index (κ3) is 4.89. The first-order valence-electron chi connectivity index (χ1n) is 10.5. The summed E-state index contributed by atoms with van der Waals surface area (Å²) >= 11 is 0. The first-order valence-corrected chi connectivity index (χ1v) is 10.5. The van der Waals surface area contributed by atoms with Crippen LogP contribution in [0, 0.1) is 11.3 Å². The number of benzene rings is 1. The van der Waals surface area contributed by atoms with Gasteiger partial charge >= 0.3 is 6.61 Å². The summed E-state index contributed by atoms with van der Waals surface area (Å²) in [5.41, 5.74) is 0.467. The summed E-state index contributed by atoms with van der Waals surface area (Å²) in [6.07, 6.45) is 4.63. The number of fused-ring (bicyclic) bond motifs is 2. The molecule has 29 heavy (non-hydrogen) atoms. The number of aliphatic hydroxyl groups is 1. The van der Waals surface area contributed by atoms with E-state index in [0.29, 0.717) is 18.5 Å². The molecule has 0 aromatic heterocycles. The van der Waals surface area contributed by atoms with Crippen LogP contribution >= 0.6 is 0 Å². The Balaban J connectivity index is 1.78. The van der Waals surface area contributed by atoms with Crippen molar-refractivity contribution in [2.24, 2.45) is 11.3 Å². The van der Waals surface area contributed by atoms with Gasteiger partial charge in [-0.1, -0.05) is 26.0 Å². The zero-order chi connectivity index (χ0) is 21.0. The molecular formula is C22H32F2N2O3. The fourth-order valence-corrected chi connectivity index (χ4v) is 5.09. The first kappa shape index (κ1) is 22.0. The van der Waals surface area contributed by atoms with Crippen LogP contribution in [-0.2, 0) is 11.3 Å². The number of nitrogens with one attached hydrogen (secondary N) is 1. The quantitative estimate of drug-likeness (QED) is 0.619. The van der Waals surface area contributed by atoms with Crippen LogP contribution in [0.1, 0.15) is 51.5 Å². The van der Waals surface area contributed by atoms with Crippen molar-refractivity contribution in [2.45, 2.75) is 71.2 Å². The smallest absolute Gasteiger partial charge is 0.387 e. The minimum Gasteiger partial charge on any atom is -0.435 e. The topological polar surface area (TPSA) is 61.8 Å². The lowest BCUT2D eigenvalue weighted by molar-refractivity contribution is -0.133. The van der Waals surface area contributed by atoms with Crippen LogP contribution in [0.15, 0.2) is 24.3 Å². The van der Waals surface area contributed by atoms with E-state index in [1.807, 2.05) is 6.07 Å². The SMILES string of the molecule is CC(C)CC[C@]1(C(=O)NCCO)C[C@H]2CC[C@@H]1N2Cc1cccc(OC(F)F)c1. The maximum Gasteiger partial charge on any atom is 0.387 e. The number of ether oxygens (including phenoxy) is 1. The molecule has 2 saturated heterocycles. The second kappa shape index (κ2) is 9.39. The van der Waals surface area contributed by atoms with Crippen molar-refractivity contribution in [1.29, 1.82) is 0 Å². The Bertz CT molecular complexity index is 700. The van der Waals surface area contributed by atoms with Gasteiger partial charge in [0.2, 0.25) is 5.91 Å². The summed E-state index contributed by atoms with van der Waals surface area (Å²) < 4.78 is 29.6. The Morgan fingerprint density at radius 3 is 2.86 bits per heavy atom. The lowest BCUT2D eigenvalue weighted by Gasteiger charge is -2.37. The minimum absolute atomic E-state index is 0.0409. The molecular weight excluding hydrogens is 378 g/mol. The number of carbonyl (C=O) groups is 1. The fourth-order valence-electron chi connectivity index (χ4n) is 5.09. The van der Waals surface area contributed by atoms with Crippen LogP contribution in [0.25, 0.3) is 0 Å². The number of rotatable bonds is 10. The highest BCUT2D eigenvalue weighted by molar-refractivity contribution is 5.84. The van der Waals surface area contributed by atoms with E-state index in [2.05, 4.69) is 28.8 Å². The van der Waals surface area contributed by atoms with Gasteiger partial charge in [-0.05, 0) is 55.7 Å². The van der Waals surface area contributed by atoms with E-state index in [-0.39, 0.29) is 30.9 Å². The monoisotopic (exact) mass is 410 g/mol. The van der Waals surface area contributed by atoms with Gasteiger partial charge in [0.15, 0.2) is 0 Å². The van der Waals surface area contributed by atoms with E-state index in [9.17, 15) is 13.6 Å². The summed E-state index contributed by atoms with van der Waals surface area (Å²) in [4.78, 5) is 15.5. The summed E-state index contributed by atoms with van der Waals surface area (Å²) in [5.74, 6) is 0.711. The molecule has 2 fully saturated rings. The van der Waals surface area contributed by atoms with Gasteiger partial charge in [-0.25, -0.2) is 0 Å². The average Bonchev–Trinajstić information content (AvgIpc) is 3.19. The van der Waals surface area contributed by atoms with Gasteiger partial charge in [0.25, 0.3) is 0 Å². The van der Waals surface area contributed by atoms with Crippen LogP contribution < -0.4 is 10.1 Å². The van der Waals surface area contributed by atoms with Gasteiger partial charge < -0.3 is 15.2 Å². The Morgan fingerprint density at radius 1 is 1.38 bits per heavy atom. The number of alkyl halides is 2. The number of amides is 1. The fraction of sp³-hybridized carbons (Fsp3) is 0.682. The summed E-state index contributed by atoms with van der Waals surface area (Å²) in [5, 5.41) is 12.1. The Hall–Kier alpha value is -1.73. The van der Waals surface area contributed by atoms with Gasteiger partial charge in [-0.15, -0.1) is 0 Å². The summed E-state index contributed by atoms with van der Waals surface area (Å²) in [6.45, 7) is 2.31. The van der Waals surface area contributed by atoms with E-state index in [0.717, 1.165) is 37.7 Å². The van der Waals surface area contributed by atoms with Crippen LogP contribution in [0.5, 0.6) is 5.75 Å². The molecule has 1 aromatic carbocycles. The molecule has 0 radical (unpaired) electrons. The maximum absolute atomic E-state index is 13.1. The standard InChI is InChI=1S/C22H32F2N2O3/c1-15(2)8-9-22(20(28)25-10-11-27)13-17-6-7-19(22)26(17)14-16-4-3-5-18(12-16)29-21(23)24/h3-5,12,15,17,19,21,27H,6-11,13-14H2,1-2H3,(H,25,28)/t17-,19+,22+/m1/s1. The lowest BCUT2D eigenvalue weighted by Crippen LogP contribution is -2.49. The number of aliphatic hydroxyl groups excluding tert-OH is 1. The van der Waals surface area contributed by atoms with E-state index >= 15 is 0 Å². The van der Waals surface area contributed by atoms with Crippen molar-refractivity contribution < 1.29 is 23.4 Å². The molecule has 2 N–H and O–H groups in total. The second-order valence-electron chi connectivity index (χ2n) is 8.72. The molecule has 5 nitrogen and oxygen atoms in total. The van der Waals surface area contributed by atoms with Gasteiger partial charge in [0, 0.05) is 25.2 Å². The highest BCUT2D eigenvalue weighted by Gasteiger charge is 2.58. The molecule has 0 spiro atoms. The normalized spacial score (nSPS) is 26.4. The van der Waals surface area contributed by atoms with Crippen LogP contribution in [-0.4, -0.2) is 47.8 Å². The Kier molecular flexibility index (Phi) is 7.11. The molecule has 7 heteroatoms. The highest BCUT2D eigenvalue weighted by Crippen LogP contribution is 2.53. The second-order valence-corrected chi connectivity index (χ2v) is 8.72.